The van der Waals surface area contributed by atoms with Crippen molar-refractivity contribution < 1.29 is 9.53 Å². The Morgan fingerprint density at radius 3 is 2.79 bits per heavy atom. The number of hydrogen-bond donors (Lipinski definition) is 1. The van der Waals surface area contributed by atoms with Gasteiger partial charge < -0.3 is 10.1 Å². The summed E-state index contributed by atoms with van der Waals surface area (Å²) in [5.41, 5.74) is 0.392. The van der Waals surface area contributed by atoms with E-state index in [1.54, 1.807) is 12.3 Å². The first-order valence-corrected chi connectivity index (χ1v) is 7.80. The topological polar surface area (TPSA) is 51.2 Å². The van der Waals surface area contributed by atoms with Gasteiger partial charge in [0, 0.05) is 11.4 Å². The fourth-order valence-electron chi connectivity index (χ4n) is 1.75. The van der Waals surface area contributed by atoms with Gasteiger partial charge in [-0.15, -0.1) is 11.3 Å². The first kappa shape index (κ1) is 16.0. The molecule has 0 saturated carbocycles. The lowest BCUT2D eigenvalue weighted by Crippen LogP contribution is -2.15. The molecule has 108 valence electrons. The zero-order valence-corrected chi connectivity index (χ0v) is 13.0. The van der Waals surface area contributed by atoms with Crippen LogP contribution in [0, 0.1) is 5.92 Å². The molecular formula is C14H24N2O2S. The molecule has 4 nitrogen and oxygen atoms in total. The van der Waals surface area contributed by atoms with Crippen molar-refractivity contribution in [2.24, 2.45) is 5.92 Å². The molecule has 0 spiro atoms. The van der Waals surface area contributed by atoms with Crippen molar-refractivity contribution in [3.63, 3.8) is 0 Å². The third kappa shape index (κ3) is 6.05. The molecule has 0 fully saturated rings. The van der Waals surface area contributed by atoms with E-state index in [2.05, 4.69) is 31.1 Å². The van der Waals surface area contributed by atoms with E-state index in [-0.39, 0.29) is 5.97 Å². The van der Waals surface area contributed by atoms with E-state index in [4.69, 9.17) is 4.74 Å². The molecule has 1 rings (SSSR count). The number of nitrogens with zero attached hydrogens (tertiary/aromatic N) is 1. The quantitative estimate of drug-likeness (QED) is 0.734. The normalized spacial score (nSPS) is 12.5. The number of hydrogen-bond acceptors (Lipinski definition) is 5. The average molecular weight is 284 g/mol. The van der Waals surface area contributed by atoms with Crippen LogP contribution in [0.15, 0.2) is 5.38 Å². The summed E-state index contributed by atoms with van der Waals surface area (Å²) in [7, 11) is 0. The number of rotatable bonds is 8. The molecule has 0 aliphatic carbocycles. The minimum absolute atomic E-state index is 0.348. The van der Waals surface area contributed by atoms with Gasteiger partial charge in [-0.1, -0.05) is 26.7 Å². The number of carbonyl (C=O) groups is 1. The van der Waals surface area contributed by atoms with E-state index in [0.29, 0.717) is 18.3 Å². The van der Waals surface area contributed by atoms with E-state index in [0.717, 1.165) is 17.5 Å². The van der Waals surface area contributed by atoms with Crippen molar-refractivity contribution >= 4 is 22.4 Å². The van der Waals surface area contributed by atoms with Gasteiger partial charge in [-0.25, -0.2) is 9.78 Å². The lowest BCUT2D eigenvalue weighted by atomic mass is 10.0. The Balaban J connectivity index is 2.38. The Morgan fingerprint density at radius 2 is 2.16 bits per heavy atom. The average Bonchev–Trinajstić information content (AvgIpc) is 2.77. The van der Waals surface area contributed by atoms with Gasteiger partial charge in [-0.2, -0.15) is 0 Å². The summed E-state index contributed by atoms with van der Waals surface area (Å²) in [5, 5.41) is 5.86. The molecule has 0 aromatic carbocycles. The highest BCUT2D eigenvalue weighted by Crippen LogP contribution is 2.19. The second kappa shape index (κ2) is 8.15. The molecule has 5 heteroatoms. The third-order valence-corrected chi connectivity index (χ3v) is 3.55. The summed E-state index contributed by atoms with van der Waals surface area (Å²) in [4.78, 5) is 15.7. The van der Waals surface area contributed by atoms with E-state index in [1.807, 2.05) is 0 Å². The predicted octanol–water partition coefficient (Wildman–Crippen LogP) is 3.95. The number of thiazole rings is 1. The van der Waals surface area contributed by atoms with Crippen LogP contribution in [0.25, 0.3) is 0 Å². The number of ether oxygens (including phenoxy) is 1. The smallest absolute Gasteiger partial charge is 0.357 e. The lowest BCUT2D eigenvalue weighted by molar-refractivity contribution is 0.0520. The Labute approximate surface area is 119 Å². The number of esters is 1. The molecular weight excluding hydrogens is 260 g/mol. The van der Waals surface area contributed by atoms with Crippen molar-refractivity contribution in [1.29, 1.82) is 0 Å². The van der Waals surface area contributed by atoms with Crippen LogP contribution in [0.5, 0.6) is 0 Å². The molecule has 1 N–H and O–H groups in total. The Hall–Kier alpha value is -1.10. The summed E-state index contributed by atoms with van der Waals surface area (Å²) in [5.74, 6) is 0.404. The van der Waals surface area contributed by atoms with E-state index < -0.39 is 0 Å². The summed E-state index contributed by atoms with van der Waals surface area (Å²) in [6.07, 6.45) is 3.58. The Bertz CT molecular complexity index is 391. The molecule has 0 bridgehead atoms. The molecule has 1 aromatic rings. The van der Waals surface area contributed by atoms with Gasteiger partial charge in [0.15, 0.2) is 10.8 Å². The van der Waals surface area contributed by atoms with Crippen LogP contribution in [-0.2, 0) is 4.74 Å². The highest BCUT2D eigenvalue weighted by molar-refractivity contribution is 7.13. The largest absolute Gasteiger partial charge is 0.461 e. The monoisotopic (exact) mass is 284 g/mol. The first-order chi connectivity index (χ1) is 9.02. The molecule has 0 amide bonds. The molecule has 19 heavy (non-hydrogen) atoms. The highest BCUT2D eigenvalue weighted by atomic mass is 32.1. The van der Waals surface area contributed by atoms with Gasteiger partial charge in [0.2, 0.25) is 0 Å². The Morgan fingerprint density at radius 1 is 1.42 bits per heavy atom. The SMILES string of the molecule is CCOC(=O)c1csc(NC(C)CCCC(C)C)n1. The van der Waals surface area contributed by atoms with Crippen molar-refractivity contribution in [3.8, 4) is 0 Å². The molecule has 0 radical (unpaired) electrons. The van der Waals surface area contributed by atoms with Crippen LogP contribution < -0.4 is 5.32 Å². The Kier molecular flexibility index (Phi) is 6.84. The van der Waals surface area contributed by atoms with E-state index in [1.165, 1.54) is 24.2 Å². The minimum atomic E-state index is -0.348. The molecule has 0 saturated heterocycles. The second-order valence-electron chi connectivity index (χ2n) is 5.13. The zero-order chi connectivity index (χ0) is 14.3. The fraction of sp³-hybridized carbons (Fsp3) is 0.714. The predicted molar refractivity (Wildman–Crippen MR) is 79.8 cm³/mol. The fourth-order valence-corrected chi connectivity index (χ4v) is 2.55. The van der Waals surface area contributed by atoms with E-state index >= 15 is 0 Å². The molecule has 1 unspecified atom stereocenters. The van der Waals surface area contributed by atoms with Crippen LogP contribution in [0.3, 0.4) is 0 Å². The van der Waals surface area contributed by atoms with Crippen molar-refractivity contribution in [3.05, 3.63) is 11.1 Å². The number of anilines is 1. The number of carbonyl (C=O) groups excluding carboxylic acids is 1. The highest BCUT2D eigenvalue weighted by Gasteiger charge is 2.12. The molecule has 1 heterocycles. The second-order valence-corrected chi connectivity index (χ2v) is 5.99. The van der Waals surface area contributed by atoms with Crippen LogP contribution in [0.4, 0.5) is 5.13 Å². The van der Waals surface area contributed by atoms with Crippen LogP contribution in [0.1, 0.15) is 57.4 Å². The zero-order valence-electron chi connectivity index (χ0n) is 12.2. The van der Waals surface area contributed by atoms with Gasteiger partial charge in [-0.3, -0.25) is 0 Å². The maximum absolute atomic E-state index is 11.5. The van der Waals surface area contributed by atoms with Crippen molar-refractivity contribution in [2.75, 3.05) is 11.9 Å². The van der Waals surface area contributed by atoms with Gasteiger partial charge >= 0.3 is 5.97 Å². The van der Waals surface area contributed by atoms with Crippen molar-refractivity contribution in [1.82, 2.24) is 4.98 Å². The summed E-state index contributed by atoms with van der Waals surface area (Å²) < 4.78 is 4.91. The van der Waals surface area contributed by atoms with Crippen LogP contribution in [0.2, 0.25) is 0 Å². The molecule has 1 atom stereocenters. The third-order valence-electron chi connectivity index (χ3n) is 2.78. The van der Waals surface area contributed by atoms with Crippen molar-refractivity contribution in [2.45, 2.75) is 53.0 Å². The van der Waals surface area contributed by atoms with E-state index in [9.17, 15) is 4.79 Å². The standard InChI is InChI=1S/C14H24N2O2S/c1-5-18-13(17)12-9-19-14(16-12)15-11(4)8-6-7-10(2)3/h9-11H,5-8H2,1-4H3,(H,15,16). The molecule has 0 aliphatic heterocycles. The maximum Gasteiger partial charge on any atom is 0.357 e. The molecule has 1 aromatic heterocycles. The van der Waals surface area contributed by atoms with Crippen LogP contribution >= 0.6 is 11.3 Å². The molecule has 0 aliphatic rings. The lowest BCUT2D eigenvalue weighted by Gasteiger charge is -2.13. The number of nitrogens with one attached hydrogen (secondary N) is 1. The summed E-state index contributed by atoms with van der Waals surface area (Å²) in [6.45, 7) is 8.80. The van der Waals surface area contributed by atoms with Gasteiger partial charge in [0.05, 0.1) is 6.61 Å². The maximum atomic E-state index is 11.5. The van der Waals surface area contributed by atoms with Gasteiger partial charge in [-0.05, 0) is 26.2 Å². The van der Waals surface area contributed by atoms with Crippen LogP contribution in [-0.4, -0.2) is 23.6 Å². The number of aromatic nitrogens is 1. The summed E-state index contributed by atoms with van der Waals surface area (Å²) >= 11 is 1.45. The first-order valence-electron chi connectivity index (χ1n) is 6.92. The minimum Gasteiger partial charge on any atom is -0.461 e. The summed E-state index contributed by atoms with van der Waals surface area (Å²) in [6, 6.07) is 0.375. The van der Waals surface area contributed by atoms with Gasteiger partial charge in [0.1, 0.15) is 0 Å². The van der Waals surface area contributed by atoms with Gasteiger partial charge in [0.25, 0.3) is 0 Å².